The maximum Gasteiger partial charge on any atom is 0.356 e. The Labute approximate surface area is 76.2 Å². The third-order valence-electron chi connectivity index (χ3n) is 1.77. The van der Waals surface area contributed by atoms with Crippen molar-refractivity contribution >= 4 is 5.97 Å². The highest BCUT2D eigenvalue weighted by Crippen LogP contribution is 2.10. The average Bonchev–Trinajstić information content (AvgIpc) is 2.47. The number of carboxylic acid groups (broad SMARTS) is 1. The number of rotatable bonds is 3. The molecule has 0 aliphatic carbocycles. The van der Waals surface area contributed by atoms with Gasteiger partial charge in [-0.15, -0.1) is 0 Å². The summed E-state index contributed by atoms with van der Waals surface area (Å²) in [4.78, 5) is 14.5. The van der Waals surface area contributed by atoms with Crippen molar-refractivity contribution < 1.29 is 9.90 Å². The molecule has 1 aromatic rings. The number of aromatic nitrogens is 2. The second-order valence-electron chi connectivity index (χ2n) is 3.05. The van der Waals surface area contributed by atoms with Gasteiger partial charge in [0.25, 0.3) is 0 Å². The van der Waals surface area contributed by atoms with E-state index in [9.17, 15) is 4.79 Å². The minimum Gasteiger partial charge on any atom is -0.476 e. The van der Waals surface area contributed by atoms with Gasteiger partial charge in [0.15, 0.2) is 5.69 Å². The molecule has 0 aliphatic heterocycles. The van der Waals surface area contributed by atoms with Gasteiger partial charge in [0.1, 0.15) is 5.82 Å². The first-order valence-corrected chi connectivity index (χ1v) is 4.07. The molecule has 0 spiro atoms. The first kappa shape index (κ1) is 9.73. The molecule has 3 N–H and O–H groups in total. The van der Waals surface area contributed by atoms with Gasteiger partial charge in [-0.25, -0.2) is 9.78 Å². The molecule has 5 heteroatoms. The summed E-state index contributed by atoms with van der Waals surface area (Å²) in [6, 6.07) is 0.180. The maximum absolute atomic E-state index is 10.6. The molecular formula is C8H13N3O2. The van der Waals surface area contributed by atoms with Gasteiger partial charge >= 0.3 is 5.97 Å². The highest BCUT2D eigenvalue weighted by Gasteiger charge is 2.13. The van der Waals surface area contributed by atoms with Crippen molar-refractivity contribution in [3.8, 4) is 0 Å². The molecule has 0 unspecified atom stereocenters. The van der Waals surface area contributed by atoms with Gasteiger partial charge in [-0.1, -0.05) is 0 Å². The largest absolute Gasteiger partial charge is 0.476 e. The summed E-state index contributed by atoms with van der Waals surface area (Å²) in [6.07, 6.45) is 1.51. The normalized spacial score (nSPS) is 10.8. The van der Waals surface area contributed by atoms with Crippen LogP contribution in [0.15, 0.2) is 6.20 Å². The highest BCUT2D eigenvalue weighted by atomic mass is 16.4. The van der Waals surface area contributed by atoms with Crippen LogP contribution >= 0.6 is 0 Å². The lowest BCUT2D eigenvalue weighted by molar-refractivity contribution is 0.0691. The molecule has 5 nitrogen and oxygen atoms in total. The Kier molecular flexibility index (Phi) is 2.67. The molecule has 1 rings (SSSR count). The van der Waals surface area contributed by atoms with Crippen LogP contribution in [0.1, 0.15) is 36.2 Å². The minimum absolute atomic E-state index is 0.0501. The third-order valence-corrected chi connectivity index (χ3v) is 1.77. The van der Waals surface area contributed by atoms with Gasteiger partial charge in [-0.05, 0) is 13.8 Å². The van der Waals surface area contributed by atoms with E-state index in [0.717, 1.165) is 0 Å². The topological polar surface area (TPSA) is 81.1 Å². The van der Waals surface area contributed by atoms with Gasteiger partial charge < -0.3 is 15.4 Å². The number of nitrogens with two attached hydrogens (primary N) is 1. The number of carboxylic acids is 1. The van der Waals surface area contributed by atoms with E-state index in [1.807, 2.05) is 13.8 Å². The molecule has 1 heterocycles. The third kappa shape index (κ3) is 1.86. The zero-order chi connectivity index (χ0) is 10.0. The van der Waals surface area contributed by atoms with Crippen molar-refractivity contribution in [1.29, 1.82) is 0 Å². The van der Waals surface area contributed by atoms with Gasteiger partial charge in [0.05, 0.1) is 6.54 Å². The number of imidazole rings is 1. The Morgan fingerprint density at radius 1 is 1.77 bits per heavy atom. The smallest absolute Gasteiger partial charge is 0.356 e. The molecule has 0 saturated heterocycles. The fraction of sp³-hybridized carbons (Fsp3) is 0.500. The molecule has 0 fully saturated rings. The highest BCUT2D eigenvalue weighted by molar-refractivity contribution is 5.85. The Balaban J connectivity index is 3.11. The summed E-state index contributed by atoms with van der Waals surface area (Å²) in [5.41, 5.74) is 5.48. The summed E-state index contributed by atoms with van der Waals surface area (Å²) in [5.74, 6) is -0.415. The average molecular weight is 183 g/mol. The lowest BCUT2D eigenvalue weighted by Gasteiger charge is -2.08. The van der Waals surface area contributed by atoms with Crippen LogP contribution in [0.25, 0.3) is 0 Å². The second kappa shape index (κ2) is 3.57. The Hall–Kier alpha value is -1.36. The zero-order valence-corrected chi connectivity index (χ0v) is 7.69. The SMILES string of the molecule is CC(C)n1cc(C(=O)O)nc1CN. The van der Waals surface area contributed by atoms with Crippen LogP contribution in [0.5, 0.6) is 0 Å². The Bertz CT molecular complexity index is 317. The van der Waals surface area contributed by atoms with Gasteiger partial charge in [0.2, 0.25) is 0 Å². The molecule has 1 aromatic heterocycles. The van der Waals surface area contributed by atoms with Gasteiger partial charge in [-0.2, -0.15) is 0 Å². The van der Waals surface area contributed by atoms with Crippen LogP contribution in [0.3, 0.4) is 0 Å². The van der Waals surface area contributed by atoms with Crippen molar-refractivity contribution in [3.05, 3.63) is 17.7 Å². The predicted molar refractivity (Wildman–Crippen MR) is 47.5 cm³/mol. The van der Waals surface area contributed by atoms with Gasteiger partial charge in [-0.3, -0.25) is 0 Å². The predicted octanol–water partition coefficient (Wildman–Crippen LogP) is 0.621. The van der Waals surface area contributed by atoms with Crippen molar-refractivity contribution in [3.63, 3.8) is 0 Å². The number of aromatic carboxylic acids is 1. The number of hydrogen-bond acceptors (Lipinski definition) is 3. The standard InChI is InChI=1S/C8H13N3O2/c1-5(2)11-4-6(8(12)13)10-7(11)3-9/h4-5H,3,9H2,1-2H3,(H,12,13). The van der Waals surface area contributed by atoms with Crippen molar-refractivity contribution in [2.75, 3.05) is 0 Å². The van der Waals surface area contributed by atoms with E-state index >= 15 is 0 Å². The first-order valence-electron chi connectivity index (χ1n) is 4.07. The van der Waals surface area contributed by atoms with E-state index in [1.54, 1.807) is 4.57 Å². The van der Waals surface area contributed by atoms with E-state index in [0.29, 0.717) is 5.82 Å². The van der Waals surface area contributed by atoms with Crippen LogP contribution in [-0.4, -0.2) is 20.6 Å². The number of carbonyl (C=O) groups is 1. The van der Waals surface area contributed by atoms with Gasteiger partial charge in [0, 0.05) is 12.2 Å². The molecule has 13 heavy (non-hydrogen) atoms. The van der Waals surface area contributed by atoms with Crippen LogP contribution in [0, 0.1) is 0 Å². The molecule has 0 saturated carbocycles. The fourth-order valence-electron chi connectivity index (χ4n) is 1.13. The van der Waals surface area contributed by atoms with E-state index in [-0.39, 0.29) is 18.3 Å². The van der Waals surface area contributed by atoms with E-state index < -0.39 is 5.97 Å². The number of nitrogens with zero attached hydrogens (tertiary/aromatic N) is 2. The summed E-state index contributed by atoms with van der Waals surface area (Å²) >= 11 is 0. The molecule has 0 atom stereocenters. The van der Waals surface area contributed by atoms with Crippen LogP contribution in [-0.2, 0) is 6.54 Å². The van der Waals surface area contributed by atoms with Crippen LogP contribution in [0.2, 0.25) is 0 Å². The molecule has 0 bridgehead atoms. The van der Waals surface area contributed by atoms with Crippen molar-refractivity contribution in [2.45, 2.75) is 26.4 Å². The summed E-state index contributed by atoms with van der Waals surface area (Å²) in [6.45, 7) is 4.16. The van der Waals surface area contributed by atoms with Crippen molar-refractivity contribution in [2.24, 2.45) is 5.73 Å². The second-order valence-corrected chi connectivity index (χ2v) is 3.05. The molecular weight excluding hydrogens is 170 g/mol. The fourth-order valence-corrected chi connectivity index (χ4v) is 1.13. The summed E-state index contributed by atoms with van der Waals surface area (Å²) in [5, 5.41) is 8.68. The maximum atomic E-state index is 10.6. The molecule has 0 aliphatic rings. The minimum atomic E-state index is -1.02. The van der Waals surface area contributed by atoms with Crippen LogP contribution < -0.4 is 5.73 Å². The summed E-state index contributed by atoms with van der Waals surface area (Å²) < 4.78 is 1.77. The first-order chi connectivity index (χ1) is 6.06. The van der Waals surface area contributed by atoms with Crippen LogP contribution in [0.4, 0.5) is 0 Å². The van der Waals surface area contributed by atoms with E-state index in [2.05, 4.69) is 4.98 Å². The van der Waals surface area contributed by atoms with Crippen molar-refractivity contribution in [1.82, 2.24) is 9.55 Å². The monoisotopic (exact) mass is 183 g/mol. The molecule has 72 valence electrons. The molecule has 0 amide bonds. The molecule has 0 aromatic carbocycles. The lowest BCUT2D eigenvalue weighted by atomic mass is 10.4. The lowest BCUT2D eigenvalue weighted by Crippen LogP contribution is -2.09. The quantitative estimate of drug-likeness (QED) is 0.719. The Morgan fingerprint density at radius 3 is 2.69 bits per heavy atom. The van der Waals surface area contributed by atoms with E-state index in [4.69, 9.17) is 10.8 Å². The Morgan fingerprint density at radius 2 is 2.38 bits per heavy atom. The zero-order valence-electron chi connectivity index (χ0n) is 7.69. The molecule has 0 radical (unpaired) electrons. The number of hydrogen-bond donors (Lipinski definition) is 2. The summed E-state index contributed by atoms with van der Waals surface area (Å²) in [7, 11) is 0. The van der Waals surface area contributed by atoms with E-state index in [1.165, 1.54) is 6.20 Å².